The Bertz CT molecular complexity index is 468. The molecule has 90 valence electrons. The van der Waals surface area contributed by atoms with Crippen LogP contribution in [0.1, 0.15) is 36.8 Å². The maximum Gasteiger partial charge on any atom is 0.0911 e. The average Bonchev–Trinajstić information content (AvgIpc) is 2.78. The Balaban J connectivity index is 2.16. The molecular weight excluding hydrogens is 210 g/mol. The van der Waals surface area contributed by atoms with Crippen molar-refractivity contribution >= 4 is 0 Å². The molecule has 0 aliphatic carbocycles. The van der Waals surface area contributed by atoms with Crippen LogP contribution in [0.5, 0.6) is 0 Å². The topological polar surface area (TPSA) is 25.2 Å². The third-order valence-electron chi connectivity index (χ3n) is 3.08. The molecule has 1 N–H and O–H groups in total. The lowest BCUT2D eigenvalue weighted by Gasteiger charge is -2.11. The largest absolute Gasteiger partial charge is 0.387 e. The molecule has 0 fully saturated rings. The SMILES string of the molecule is CCc1ccc(Cn2cccc2C(C)O)cc1. The first kappa shape index (κ1) is 11.9. The summed E-state index contributed by atoms with van der Waals surface area (Å²) >= 11 is 0. The highest BCUT2D eigenvalue weighted by Gasteiger charge is 2.06. The molecule has 2 aromatic rings. The van der Waals surface area contributed by atoms with E-state index in [2.05, 4.69) is 35.8 Å². The fraction of sp³-hybridized carbons (Fsp3) is 0.333. The Morgan fingerprint density at radius 2 is 1.76 bits per heavy atom. The quantitative estimate of drug-likeness (QED) is 0.856. The van der Waals surface area contributed by atoms with Crippen molar-refractivity contribution in [2.75, 3.05) is 0 Å². The van der Waals surface area contributed by atoms with Crippen LogP contribution in [0.4, 0.5) is 0 Å². The number of nitrogens with zero attached hydrogens (tertiary/aromatic N) is 1. The van der Waals surface area contributed by atoms with Gasteiger partial charge in [0, 0.05) is 18.4 Å². The van der Waals surface area contributed by atoms with Gasteiger partial charge < -0.3 is 9.67 Å². The monoisotopic (exact) mass is 229 g/mol. The molecule has 0 spiro atoms. The molecule has 0 saturated heterocycles. The predicted octanol–water partition coefficient (Wildman–Crippen LogP) is 3.15. The van der Waals surface area contributed by atoms with Crippen molar-refractivity contribution in [3.8, 4) is 0 Å². The molecule has 1 unspecified atom stereocenters. The van der Waals surface area contributed by atoms with E-state index in [1.165, 1.54) is 11.1 Å². The van der Waals surface area contributed by atoms with Gasteiger partial charge in [-0.25, -0.2) is 0 Å². The van der Waals surface area contributed by atoms with E-state index in [1.54, 1.807) is 6.92 Å². The highest BCUT2D eigenvalue weighted by Crippen LogP contribution is 2.15. The van der Waals surface area contributed by atoms with Crippen molar-refractivity contribution < 1.29 is 5.11 Å². The average molecular weight is 229 g/mol. The van der Waals surface area contributed by atoms with E-state index >= 15 is 0 Å². The zero-order chi connectivity index (χ0) is 12.3. The zero-order valence-electron chi connectivity index (χ0n) is 10.4. The lowest BCUT2D eigenvalue weighted by Crippen LogP contribution is -2.05. The standard InChI is InChI=1S/C15H19NO/c1-3-13-6-8-14(9-7-13)11-16-10-4-5-15(16)12(2)17/h4-10,12,17H,3,11H2,1-2H3. The van der Waals surface area contributed by atoms with Gasteiger partial charge in [0.1, 0.15) is 0 Å². The Labute approximate surface area is 103 Å². The fourth-order valence-corrected chi connectivity index (χ4v) is 2.03. The molecule has 0 radical (unpaired) electrons. The van der Waals surface area contributed by atoms with Crippen LogP contribution in [0.15, 0.2) is 42.6 Å². The minimum atomic E-state index is -0.417. The number of aliphatic hydroxyl groups is 1. The summed E-state index contributed by atoms with van der Waals surface area (Å²) in [6.07, 6.45) is 2.67. The van der Waals surface area contributed by atoms with Gasteiger partial charge in [-0.15, -0.1) is 0 Å². The zero-order valence-corrected chi connectivity index (χ0v) is 10.4. The van der Waals surface area contributed by atoms with E-state index in [0.717, 1.165) is 18.7 Å². The Kier molecular flexibility index (Phi) is 3.64. The molecule has 2 rings (SSSR count). The second kappa shape index (κ2) is 5.19. The maximum absolute atomic E-state index is 9.63. The molecule has 17 heavy (non-hydrogen) atoms. The molecule has 1 aromatic carbocycles. The first-order valence-electron chi connectivity index (χ1n) is 6.11. The van der Waals surface area contributed by atoms with Gasteiger partial charge in [-0.2, -0.15) is 0 Å². The van der Waals surface area contributed by atoms with Crippen LogP contribution in [0.3, 0.4) is 0 Å². The Morgan fingerprint density at radius 3 is 2.35 bits per heavy atom. The normalized spacial score (nSPS) is 12.6. The van der Waals surface area contributed by atoms with Crippen LogP contribution in [-0.2, 0) is 13.0 Å². The van der Waals surface area contributed by atoms with E-state index in [9.17, 15) is 5.11 Å². The van der Waals surface area contributed by atoms with Gasteiger partial charge >= 0.3 is 0 Å². The number of hydrogen-bond acceptors (Lipinski definition) is 1. The molecule has 2 heteroatoms. The Hall–Kier alpha value is -1.54. The van der Waals surface area contributed by atoms with Gasteiger partial charge in [-0.05, 0) is 36.6 Å². The lowest BCUT2D eigenvalue weighted by atomic mass is 10.1. The molecular formula is C15H19NO. The highest BCUT2D eigenvalue weighted by molar-refractivity contribution is 5.23. The number of rotatable bonds is 4. The fourth-order valence-electron chi connectivity index (χ4n) is 2.03. The number of aliphatic hydroxyl groups excluding tert-OH is 1. The van der Waals surface area contributed by atoms with Crippen LogP contribution in [0.2, 0.25) is 0 Å². The second-order valence-electron chi connectivity index (χ2n) is 4.41. The second-order valence-corrected chi connectivity index (χ2v) is 4.41. The number of benzene rings is 1. The van der Waals surface area contributed by atoms with Gasteiger partial charge in [-0.3, -0.25) is 0 Å². The van der Waals surface area contributed by atoms with Crippen molar-refractivity contribution in [3.63, 3.8) is 0 Å². The van der Waals surface area contributed by atoms with Gasteiger partial charge in [-0.1, -0.05) is 31.2 Å². The number of hydrogen-bond donors (Lipinski definition) is 1. The first-order valence-corrected chi connectivity index (χ1v) is 6.11. The van der Waals surface area contributed by atoms with Gasteiger partial charge in [0.05, 0.1) is 6.10 Å². The molecule has 0 bridgehead atoms. The molecule has 0 amide bonds. The molecule has 2 nitrogen and oxygen atoms in total. The van der Waals surface area contributed by atoms with Crippen molar-refractivity contribution in [2.24, 2.45) is 0 Å². The van der Waals surface area contributed by atoms with Crippen LogP contribution >= 0.6 is 0 Å². The molecule has 0 aliphatic rings. The van der Waals surface area contributed by atoms with Gasteiger partial charge in [0.25, 0.3) is 0 Å². The van der Waals surface area contributed by atoms with Gasteiger partial charge in [0.15, 0.2) is 0 Å². The van der Waals surface area contributed by atoms with E-state index in [1.807, 2.05) is 18.3 Å². The summed E-state index contributed by atoms with van der Waals surface area (Å²) in [4.78, 5) is 0. The Morgan fingerprint density at radius 1 is 1.12 bits per heavy atom. The third kappa shape index (κ3) is 2.77. The minimum absolute atomic E-state index is 0.417. The summed E-state index contributed by atoms with van der Waals surface area (Å²) < 4.78 is 2.09. The summed E-state index contributed by atoms with van der Waals surface area (Å²) in [6, 6.07) is 12.6. The van der Waals surface area contributed by atoms with Crippen molar-refractivity contribution in [3.05, 3.63) is 59.4 Å². The lowest BCUT2D eigenvalue weighted by molar-refractivity contribution is 0.190. The summed E-state index contributed by atoms with van der Waals surface area (Å²) in [5, 5.41) is 9.63. The molecule has 1 atom stereocenters. The summed E-state index contributed by atoms with van der Waals surface area (Å²) in [5.74, 6) is 0. The maximum atomic E-state index is 9.63. The first-order chi connectivity index (χ1) is 8.20. The molecule has 1 heterocycles. The van der Waals surface area contributed by atoms with E-state index < -0.39 is 6.10 Å². The molecule has 0 aliphatic heterocycles. The van der Waals surface area contributed by atoms with Crippen LogP contribution in [0, 0.1) is 0 Å². The van der Waals surface area contributed by atoms with Crippen molar-refractivity contribution in [2.45, 2.75) is 32.9 Å². The smallest absolute Gasteiger partial charge is 0.0911 e. The summed E-state index contributed by atoms with van der Waals surface area (Å²) in [7, 11) is 0. The third-order valence-corrected chi connectivity index (χ3v) is 3.08. The summed E-state index contributed by atoms with van der Waals surface area (Å²) in [5.41, 5.74) is 3.59. The van der Waals surface area contributed by atoms with Crippen molar-refractivity contribution in [1.29, 1.82) is 0 Å². The van der Waals surface area contributed by atoms with E-state index in [0.29, 0.717) is 0 Å². The molecule has 0 saturated carbocycles. The van der Waals surface area contributed by atoms with Crippen molar-refractivity contribution in [1.82, 2.24) is 4.57 Å². The number of aryl methyl sites for hydroxylation is 1. The highest BCUT2D eigenvalue weighted by atomic mass is 16.3. The summed E-state index contributed by atoms with van der Waals surface area (Å²) in [6.45, 7) is 4.77. The van der Waals surface area contributed by atoms with Gasteiger partial charge in [0.2, 0.25) is 0 Å². The number of aromatic nitrogens is 1. The molecule has 1 aromatic heterocycles. The van der Waals surface area contributed by atoms with E-state index in [4.69, 9.17) is 0 Å². The van der Waals surface area contributed by atoms with E-state index in [-0.39, 0.29) is 0 Å². The van der Waals surface area contributed by atoms with Crippen LogP contribution in [-0.4, -0.2) is 9.67 Å². The predicted molar refractivity (Wildman–Crippen MR) is 70.0 cm³/mol. The van der Waals surface area contributed by atoms with Crippen LogP contribution in [0.25, 0.3) is 0 Å². The van der Waals surface area contributed by atoms with Crippen LogP contribution < -0.4 is 0 Å². The minimum Gasteiger partial charge on any atom is -0.387 e.